The zero-order valence-corrected chi connectivity index (χ0v) is 12.2. The van der Waals surface area contributed by atoms with E-state index >= 15 is 0 Å². The summed E-state index contributed by atoms with van der Waals surface area (Å²) in [6, 6.07) is 5.35. The van der Waals surface area contributed by atoms with Crippen molar-refractivity contribution in [2.45, 2.75) is 39.0 Å². The first-order valence-electron chi connectivity index (χ1n) is 7.10. The lowest BCUT2D eigenvalue weighted by molar-refractivity contribution is -0.119. The number of benzene rings is 1. The summed E-state index contributed by atoms with van der Waals surface area (Å²) in [7, 11) is 1.37. The van der Waals surface area contributed by atoms with Gasteiger partial charge in [-0.2, -0.15) is 0 Å². The van der Waals surface area contributed by atoms with Crippen LogP contribution in [0.5, 0.6) is 0 Å². The second-order valence-corrected chi connectivity index (χ2v) is 5.37. The Morgan fingerprint density at radius 3 is 2.65 bits per heavy atom. The molecule has 0 unspecified atom stereocenters. The molecule has 0 aromatic heterocycles. The van der Waals surface area contributed by atoms with Gasteiger partial charge in [-0.25, -0.2) is 4.79 Å². The van der Waals surface area contributed by atoms with Crippen LogP contribution in [0.4, 0.5) is 5.69 Å². The minimum Gasteiger partial charge on any atom is -0.465 e. The molecule has 108 valence electrons. The molecule has 1 N–H and O–H groups in total. The number of nitrogens with one attached hydrogen (secondary N) is 1. The largest absolute Gasteiger partial charge is 0.465 e. The van der Waals surface area contributed by atoms with Crippen LogP contribution in [0.1, 0.15) is 54.9 Å². The Hall–Kier alpha value is -1.84. The SMILES string of the molecule is CC[C@@H](C)C(=O)Nc1ccc(C(=O)OC)cc1C1CC1. The minimum atomic E-state index is -0.341. The number of amides is 1. The maximum absolute atomic E-state index is 12.0. The Bertz CT molecular complexity index is 520. The van der Waals surface area contributed by atoms with E-state index in [-0.39, 0.29) is 17.8 Å². The fourth-order valence-corrected chi connectivity index (χ4v) is 2.09. The van der Waals surface area contributed by atoms with E-state index in [2.05, 4.69) is 5.32 Å². The summed E-state index contributed by atoms with van der Waals surface area (Å²) in [5.41, 5.74) is 2.41. The molecule has 4 heteroatoms. The number of anilines is 1. The van der Waals surface area contributed by atoms with Crippen LogP contribution in [-0.4, -0.2) is 19.0 Å². The van der Waals surface area contributed by atoms with Gasteiger partial charge in [0.05, 0.1) is 12.7 Å². The van der Waals surface area contributed by atoms with Gasteiger partial charge in [-0.15, -0.1) is 0 Å². The summed E-state index contributed by atoms with van der Waals surface area (Å²) in [4.78, 5) is 23.6. The van der Waals surface area contributed by atoms with Crippen molar-refractivity contribution in [2.75, 3.05) is 12.4 Å². The smallest absolute Gasteiger partial charge is 0.337 e. The van der Waals surface area contributed by atoms with E-state index in [4.69, 9.17) is 4.74 Å². The van der Waals surface area contributed by atoms with Gasteiger partial charge in [-0.05, 0) is 48.9 Å². The molecule has 1 aliphatic carbocycles. The van der Waals surface area contributed by atoms with E-state index in [1.165, 1.54) is 7.11 Å². The summed E-state index contributed by atoms with van der Waals surface area (Å²) < 4.78 is 4.74. The van der Waals surface area contributed by atoms with Gasteiger partial charge < -0.3 is 10.1 Å². The third-order valence-electron chi connectivity index (χ3n) is 3.81. The highest BCUT2D eigenvalue weighted by atomic mass is 16.5. The minimum absolute atomic E-state index is 0.0117. The summed E-state index contributed by atoms with van der Waals surface area (Å²) in [5, 5.41) is 2.98. The lowest BCUT2D eigenvalue weighted by Crippen LogP contribution is -2.20. The predicted octanol–water partition coefficient (Wildman–Crippen LogP) is 3.34. The van der Waals surface area contributed by atoms with Crippen molar-refractivity contribution in [1.29, 1.82) is 0 Å². The lowest BCUT2D eigenvalue weighted by Gasteiger charge is -2.14. The van der Waals surface area contributed by atoms with Gasteiger partial charge in [0.2, 0.25) is 5.91 Å². The van der Waals surface area contributed by atoms with Crippen molar-refractivity contribution < 1.29 is 14.3 Å². The number of carbonyl (C=O) groups is 2. The standard InChI is InChI=1S/C16H21NO3/c1-4-10(2)15(18)17-14-8-7-12(16(19)20-3)9-13(14)11-5-6-11/h7-11H,4-6H2,1-3H3,(H,17,18)/t10-/m1/s1. The Morgan fingerprint density at radius 2 is 2.10 bits per heavy atom. The van der Waals surface area contributed by atoms with Gasteiger partial charge in [-0.1, -0.05) is 13.8 Å². The van der Waals surface area contributed by atoms with Crippen LogP contribution in [0.25, 0.3) is 0 Å². The van der Waals surface area contributed by atoms with E-state index in [9.17, 15) is 9.59 Å². The zero-order chi connectivity index (χ0) is 14.7. The molecular weight excluding hydrogens is 254 g/mol. The summed E-state index contributed by atoms with van der Waals surface area (Å²) in [6.45, 7) is 3.90. The number of ether oxygens (including phenoxy) is 1. The summed E-state index contributed by atoms with van der Waals surface area (Å²) >= 11 is 0. The highest BCUT2D eigenvalue weighted by Crippen LogP contribution is 2.44. The lowest BCUT2D eigenvalue weighted by atomic mass is 10.0. The Kier molecular flexibility index (Phi) is 4.42. The van der Waals surface area contributed by atoms with Crippen LogP contribution in [0.2, 0.25) is 0 Å². The highest BCUT2D eigenvalue weighted by molar-refractivity contribution is 5.95. The Labute approximate surface area is 119 Å². The Balaban J connectivity index is 2.24. The molecule has 1 amide bonds. The van der Waals surface area contributed by atoms with Crippen LogP contribution in [0, 0.1) is 5.92 Å². The molecule has 0 aliphatic heterocycles. The quantitative estimate of drug-likeness (QED) is 0.838. The van der Waals surface area contributed by atoms with Crippen LogP contribution < -0.4 is 5.32 Å². The molecule has 20 heavy (non-hydrogen) atoms. The normalized spacial score (nSPS) is 15.6. The molecule has 2 rings (SSSR count). The first-order valence-corrected chi connectivity index (χ1v) is 7.10. The first kappa shape index (κ1) is 14.6. The average molecular weight is 275 g/mol. The van der Waals surface area contributed by atoms with Crippen molar-refractivity contribution in [1.82, 2.24) is 0 Å². The fraction of sp³-hybridized carbons (Fsp3) is 0.500. The average Bonchev–Trinajstić information content (AvgIpc) is 3.30. The molecule has 0 bridgehead atoms. The highest BCUT2D eigenvalue weighted by Gasteiger charge is 2.28. The van der Waals surface area contributed by atoms with E-state index in [0.717, 1.165) is 30.5 Å². The van der Waals surface area contributed by atoms with Gasteiger partial charge in [0, 0.05) is 11.6 Å². The van der Waals surface area contributed by atoms with Crippen LogP contribution in [0.3, 0.4) is 0 Å². The molecule has 1 aliphatic rings. The molecule has 0 heterocycles. The number of carbonyl (C=O) groups excluding carboxylic acids is 2. The van der Waals surface area contributed by atoms with Crippen molar-refractivity contribution >= 4 is 17.6 Å². The Morgan fingerprint density at radius 1 is 1.40 bits per heavy atom. The summed E-state index contributed by atoms with van der Waals surface area (Å²) in [5.74, 6) is 0.126. The molecule has 0 radical (unpaired) electrons. The molecule has 1 saturated carbocycles. The van der Waals surface area contributed by atoms with Gasteiger partial charge in [-0.3, -0.25) is 4.79 Å². The molecule has 1 fully saturated rings. The van der Waals surface area contributed by atoms with Crippen LogP contribution in [0.15, 0.2) is 18.2 Å². The molecular formula is C16H21NO3. The third-order valence-corrected chi connectivity index (χ3v) is 3.81. The van der Waals surface area contributed by atoms with Gasteiger partial charge in [0.25, 0.3) is 0 Å². The van der Waals surface area contributed by atoms with Crippen molar-refractivity contribution in [2.24, 2.45) is 5.92 Å². The van der Waals surface area contributed by atoms with Crippen molar-refractivity contribution in [3.8, 4) is 0 Å². The molecule has 1 aromatic carbocycles. The zero-order valence-electron chi connectivity index (χ0n) is 12.2. The number of rotatable bonds is 5. The predicted molar refractivity (Wildman–Crippen MR) is 77.8 cm³/mol. The van der Waals surface area contributed by atoms with E-state index in [1.54, 1.807) is 12.1 Å². The molecule has 0 spiro atoms. The van der Waals surface area contributed by atoms with Gasteiger partial charge in [0.1, 0.15) is 0 Å². The van der Waals surface area contributed by atoms with Gasteiger partial charge in [0.15, 0.2) is 0 Å². The second-order valence-electron chi connectivity index (χ2n) is 5.37. The molecule has 0 saturated heterocycles. The van der Waals surface area contributed by atoms with Crippen LogP contribution in [-0.2, 0) is 9.53 Å². The van der Waals surface area contributed by atoms with E-state index in [0.29, 0.717) is 11.5 Å². The van der Waals surface area contributed by atoms with E-state index in [1.807, 2.05) is 19.9 Å². The molecule has 1 atom stereocenters. The first-order chi connectivity index (χ1) is 9.56. The maximum atomic E-state index is 12.0. The van der Waals surface area contributed by atoms with Crippen molar-refractivity contribution in [3.05, 3.63) is 29.3 Å². The number of hydrogen-bond donors (Lipinski definition) is 1. The summed E-state index contributed by atoms with van der Waals surface area (Å²) in [6.07, 6.45) is 3.03. The van der Waals surface area contributed by atoms with Crippen molar-refractivity contribution in [3.63, 3.8) is 0 Å². The molecule has 1 aromatic rings. The van der Waals surface area contributed by atoms with E-state index < -0.39 is 0 Å². The monoisotopic (exact) mass is 275 g/mol. The number of esters is 1. The molecule has 4 nitrogen and oxygen atoms in total. The van der Waals surface area contributed by atoms with Crippen LogP contribution >= 0.6 is 0 Å². The number of hydrogen-bond acceptors (Lipinski definition) is 3. The maximum Gasteiger partial charge on any atom is 0.337 e. The fourth-order valence-electron chi connectivity index (χ4n) is 2.09. The second kappa shape index (κ2) is 6.07. The van der Waals surface area contributed by atoms with Gasteiger partial charge >= 0.3 is 5.97 Å². The topological polar surface area (TPSA) is 55.4 Å². The number of methoxy groups -OCH3 is 1. The third kappa shape index (κ3) is 3.18.